The molecule has 0 fully saturated rings. The Kier molecular flexibility index (Phi) is 4.52. The van der Waals surface area contributed by atoms with Crippen molar-refractivity contribution in [1.82, 2.24) is 20.0 Å². The topological polar surface area (TPSA) is 79.4 Å². The molecule has 24 heavy (non-hydrogen) atoms. The summed E-state index contributed by atoms with van der Waals surface area (Å²) in [5.74, 6) is 0.523. The number of aryl methyl sites for hydroxylation is 1. The van der Waals surface area contributed by atoms with E-state index in [0.717, 1.165) is 16.8 Å². The van der Waals surface area contributed by atoms with Gasteiger partial charge in [-0.2, -0.15) is 15.5 Å². The predicted octanol–water partition coefficient (Wildman–Crippen LogP) is 2.82. The van der Waals surface area contributed by atoms with Crippen molar-refractivity contribution in [2.24, 2.45) is 0 Å². The quantitative estimate of drug-likeness (QED) is 0.782. The maximum Gasteiger partial charge on any atom is 0.167 e. The number of hydrogen-bond acceptors (Lipinski definition) is 5. The van der Waals surface area contributed by atoms with E-state index in [4.69, 9.17) is 0 Å². The minimum atomic E-state index is 0.523. The van der Waals surface area contributed by atoms with Crippen molar-refractivity contribution in [3.05, 3.63) is 70.7 Å². The molecule has 2 heterocycles. The number of hydrogen-bond donors (Lipinski definition) is 1. The summed E-state index contributed by atoms with van der Waals surface area (Å²) in [5, 5.41) is 25.1. The first-order valence-electron chi connectivity index (χ1n) is 7.71. The smallest absolute Gasteiger partial charge is 0.167 e. The summed E-state index contributed by atoms with van der Waals surface area (Å²) in [5.41, 5.74) is 4.49. The highest BCUT2D eigenvalue weighted by molar-refractivity contribution is 5.56. The number of anilines is 1. The molecule has 6 nitrogen and oxygen atoms in total. The molecule has 120 valence electrons. The van der Waals surface area contributed by atoms with E-state index >= 15 is 0 Å². The second kappa shape index (κ2) is 6.92. The van der Waals surface area contributed by atoms with Gasteiger partial charge in [-0.05, 0) is 36.6 Å². The fourth-order valence-corrected chi connectivity index (χ4v) is 2.50. The summed E-state index contributed by atoms with van der Waals surface area (Å²) < 4.78 is 1.88. The number of nitriles is 1. The van der Waals surface area contributed by atoms with E-state index in [1.54, 1.807) is 6.20 Å². The van der Waals surface area contributed by atoms with Crippen LogP contribution in [-0.2, 0) is 13.1 Å². The number of benzene rings is 1. The Balaban J connectivity index is 1.81. The van der Waals surface area contributed by atoms with Crippen LogP contribution in [0.3, 0.4) is 0 Å². The zero-order valence-electron chi connectivity index (χ0n) is 13.7. The molecule has 1 N–H and O–H groups in total. The SMILES string of the molecule is Cc1nnc(NCc2ccccc2Cn2cccn2)c(C#N)c1C. The Hall–Kier alpha value is -3.20. The third kappa shape index (κ3) is 3.25. The lowest BCUT2D eigenvalue weighted by molar-refractivity contribution is 0.682. The van der Waals surface area contributed by atoms with E-state index in [1.807, 2.05) is 42.9 Å². The highest BCUT2D eigenvalue weighted by Crippen LogP contribution is 2.19. The van der Waals surface area contributed by atoms with E-state index in [-0.39, 0.29) is 0 Å². The lowest BCUT2D eigenvalue weighted by atomic mass is 10.1. The number of nitrogens with zero attached hydrogens (tertiary/aromatic N) is 5. The Morgan fingerprint density at radius 2 is 1.92 bits per heavy atom. The summed E-state index contributed by atoms with van der Waals surface area (Å²) >= 11 is 0. The van der Waals surface area contributed by atoms with Crippen LogP contribution in [0.5, 0.6) is 0 Å². The van der Waals surface area contributed by atoms with E-state index < -0.39 is 0 Å². The van der Waals surface area contributed by atoms with Crippen molar-refractivity contribution in [3.8, 4) is 6.07 Å². The van der Waals surface area contributed by atoms with Crippen LogP contribution in [0, 0.1) is 25.2 Å². The van der Waals surface area contributed by atoms with Gasteiger partial charge in [-0.15, -0.1) is 5.10 Å². The zero-order chi connectivity index (χ0) is 16.9. The van der Waals surface area contributed by atoms with Crippen LogP contribution in [0.1, 0.15) is 27.9 Å². The first-order chi connectivity index (χ1) is 11.7. The molecule has 0 spiro atoms. The van der Waals surface area contributed by atoms with Gasteiger partial charge in [0.25, 0.3) is 0 Å². The molecule has 0 saturated carbocycles. The highest BCUT2D eigenvalue weighted by atomic mass is 15.3. The molecule has 1 aromatic carbocycles. The van der Waals surface area contributed by atoms with Gasteiger partial charge in [-0.1, -0.05) is 24.3 Å². The number of aromatic nitrogens is 4. The third-order valence-corrected chi connectivity index (χ3v) is 4.02. The molecule has 0 unspecified atom stereocenters. The molecular weight excluding hydrogens is 300 g/mol. The predicted molar refractivity (Wildman–Crippen MR) is 91.3 cm³/mol. The molecule has 0 aliphatic heterocycles. The van der Waals surface area contributed by atoms with Gasteiger partial charge in [0.2, 0.25) is 0 Å². The molecule has 0 aliphatic rings. The Labute approximate surface area is 140 Å². The van der Waals surface area contributed by atoms with Crippen LogP contribution in [0.15, 0.2) is 42.7 Å². The van der Waals surface area contributed by atoms with Crippen molar-refractivity contribution in [2.45, 2.75) is 26.9 Å². The number of rotatable bonds is 5. The van der Waals surface area contributed by atoms with E-state index in [1.165, 1.54) is 5.56 Å². The standard InChI is InChI=1S/C18H18N6/c1-13-14(2)22-23-18(17(13)10-19)20-11-15-6-3-4-7-16(15)12-24-9-5-8-21-24/h3-9H,11-12H2,1-2H3,(H,20,23). The Morgan fingerprint density at radius 3 is 2.62 bits per heavy atom. The molecule has 2 aromatic heterocycles. The summed E-state index contributed by atoms with van der Waals surface area (Å²) in [6, 6.07) is 12.3. The lowest BCUT2D eigenvalue weighted by Gasteiger charge is -2.13. The van der Waals surface area contributed by atoms with Gasteiger partial charge in [0.1, 0.15) is 11.6 Å². The van der Waals surface area contributed by atoms with Gasteiger partial charge < -0.3 is 5.32 Å². The summed E-state index contributed by atoms with van der Waals surface area (Å²) in [6.45, 7) is 5.02. The van der Waals surface area contributed by atoms with Gasteiger partial charge in [0.15, 0.2) is 5.82 Å². The van der Waals surface area contributed by atoms with Crippen LogP contribution in [0.4, 0.5) is 5.82 Å². The van der Waals surface area contributed by atoms with E-state index in [2.05, 4.69) is 38.8 Å². The molecule has 0 bridgehead atoms. The maximum absolute atomic E-state index is 9.38. The van der Waals surface area contributed by atoms with Crippen LogP contribution in [-0.4, -0.2) is 20.0 Å². The molecular formula is C18H18N6. The van der Waals surface area contributed by atoms with Gasteiger partial charge in [0.05, 0.1) is 12.2 Å². The Morgan fingerprint density at radius 1 is 1.12 bits per heavy atom. The van der Waals surface area contributed by atoms with Crippen LogP contribution in [0.25, 0.3) is 0 Å². The molecule has 3 rings (SSSR count). The maximum atomic E-state index is 9.38. The largest absolute Gasteiger partial charge is 0.363 e. The Bertz CT molecular complexity index is 877. The van der Waals surface area contributed by atoms with Gasteiger partial charge in [0, 0.05) is 18.9 Å². The normalized spacial score (nSPS) is 10.4. The minimum Gasteiger partial charge on any atom is -0.363 e. The molecule has 6 heteroatoms. The first kappa shape index (κ1) is 15.7. The molecule has 0 amide bonds. The van der Waals surface area contributed by atoms with Gasteiger partial charge in [-0.3, -0.25) is 4.68 Å². The minimum absolute atomic E-state index is 0.523. The van der Waals surface area contributed by atoms with E-state index in [9.17, 15) is 5.26 Å². The summed E-state index contributed by atoms with van der Waals surface area (Å²) in [7, 11) is 0. The van der Waals surface area contributed by atoms with E-state index in [0.29, 0.717) is 24.5 Å². The fourth-order valence-electron chi connectivity index (χ4n) is 2.50. The molecule has 3 aromatic rings. The van der Waals surface area contributed by atoms with Crippen molar-refractivity contribution in [2.75, 3.05) is 5.32 Å². The average molecular weight is 318 g/mol. The highest BCUT2D eigenvalue weighted by Gasteiger charge is 2.11. The monoisotopic (exact) mass is 318 g/mol. The van der Waals surface area contributed by atoms with Crippen molar-refractivity contribution in [3.63, 3.8) is 0 Å². The van der Waals surface area contributed by atoms with Gasteiger partial charge in [-0.25, -0.2) is 0 Å². The first-order valence-corrected chi connectivity index (χ1v) is 7.71. The molecule has 0 radical (unpaired) electrons. The zero-order valence-corrected chi connectivity index (χ0v) is 13.7. The fraction of sp³-hybridized carbons (Fsp3) is 0.222. The third-order valence-electron chi connectivity index (χ3n) is 4.02. The summed E-state index contributed by atoms with van der Waals surface area (Å²) in [6.07, 6.45) is 3.71. The summed E-state index contributed by atoms with van der Waals surface area (Å²) in [4.78, 5) is 0. The number of nitrogens with one attached hydrogen (secondary N) is 1. The van der Waals surface area contributed by atoms with Crippen molar-refractivity contribution in [1.29, 1.82) is 5.26 Å². The molecule has 0 saturated heterocycles. The average Bonchev–Trinajstić information content (AvgIpc) is 3.10. The second-order valence-corrected chi connectivity index (χ2v) is 5.57. The van der Waals surface area contributed by atoms with Gasteiger partial charge >= 0.3 is 0 Å². The lowest BCUT2D eigenvalue weighted by Crippen LogP contribution is -2.10. The van der Waals surface area contributed by atoms with Crippen LogP contribution < -0.4 is 5.32 Å². The molecule has 0 aliphatic carbocycles. The van der Waals surface area contributed by atoms with Crippen molar-refractivity contribution < 1.29 is 0 Å². The van der Waals surface area contributed by atoms with Crippen molar-refractivity contribution >= 4 is 5.82 Å². The van der Waals surface area contributed by atoms with Crippen LogP contribution in [0.2, 0.25) is 0 Å². The van der Waals surface area contributed by atoms with Crippen LogP contribution >= 0.6 is 0 Å². The molecule has 0 atom stereocenters. The second-order valence-electron chi connectivity index (χ2n) is 5.57.